The van der Waals surface area contributed by atoms with Gasteiger partial charge in [-0.1, -0.05) is 76.6 Å². The molecule has 3 aromatic carbocycles. The molecule has 2 amide bonds. The lowest BCUT2D eigenvalue weighted by molar-refractivity contribution is -0.113. The zero-order valence-corrected chi connectivity index (χ0v) is 19.0. The molecule has 0 saturated carbocycles. The number of hydrogen-bond donors (Lipinski definition) is 2. The van der Waals surface area contributed by atoms with E-state index in [1.165, 1.54) is 11.8 Å². The van der Waals surface area contributed by atoms with Crippen LogP contribution in [0.3, 0.4) is 0 Å². The van der Waals surface area contributed by atoms with Crippen molar-refractivity contribution in [3.05, 3.63) is 100 Å². The highest BCUT2D eigenvalue weighted by molar-refractivity contribution is 9.10. The Bertz CT molecular complexity index is 1010. The van der Waals surface area contributed by atoms with Gasteiger partial charge in [0.15, 0.2) is 0 Å². The quantitative estimate of drug-likeness (QED) is 0.425. The molecule has 6 heteroatoms. The minimum atomic E-state index is -0.219. The van der Waals surface area contributed by atoms with Crippen LogP contribution in [0.1, 0.15) is 34.5 Å². The highest BCUT2D eigenvalue weighted by Gasteiger charge is 2.16. The lowest BCUT2D eigenvalue weighted by Crippen LogP contribution is -2.28. The highest BCUT2D eigenvalue weighted by Crippen LogP contribution is 2.22. The molecule has 0 aliphatic rings. The van der Waals surface area contributed by atoms with Gasteiger partial charge in [-0.25, -0.2) is 0 Å². The van der Waals surface area contributed by atoms with Crippen LogP contribution in [-0.4, -0.2) is 17.6 Å². The van der Waals surface area contributed by atoms with E-state index < -0.39 is 0 Å². The lowest BCUT2D eigenvalue weighted by atomic mass is 10.1. The Kier molecular flexibility index (Phi) is 8.11. The Morgan fingerprint density at radius 2 is 1.60 bits per heavy atom. The summed E-state index contributed by atoms with van der Waals surface area (Å²) in [5.41, 5.74) is 3.13. The van der Waals surface area contributed by atoms with Gasteiger partial charge < -0.3 is 10.6 Å². The number of thioether (sulfide) groups is 1. The van der Waals surface area contributed by atoms with Crippen molar-refractivity contribution in [2.45, 2.75) is 18.7 Å². The fourth-order valence-electron chi connectivity index (χ4n) is 2.94. The van der Waals surface area contributed by atoms with Crippen LogP contribution in [0, 0.1) is 0 Å². The molecule has 0 heterocycles. The van der Waals surface area contributed by atoms with Crippen molar-refractivity contribution in [3.63, 3.8) is 0 Å². The van der Waals surface area contributed by atoms with Gasteiger partial charge in [-0.15, -0.1) is 11.8 Å². The van der Waals surface area contributed by atoms with E-state index in [1.54, 1.807) is 24.3 Å². The van der Waals surface area contributed by atoms with Crippen molar-refractivity contribution >= 4 is 45.2 Å². The van der Waals surface area contributed by atoms with Crippen LogP contribution >= 0.6 is 27.7 Å². The van der Waals surface area contributed by atoms with Gasteiger partial charge in [0.2, 0.25) is 5.91 Å². The molecule has 0 saturated heterocycles. The Labute approximate surface area is 189 Å². The van der Waals surface area contributed by atoms with Gasteiger partial charge in [0.25, 0.3) is 5.91 Å². The maximum Gasteiger partial charge on any atom is 0.253 e. The first-order chi connectivity index (χ1) is 14.5. The molecule has 0 aromatic heterocycles. The molecule has 2 N–H and O–H groups in total. The topological polar surface area (TPSA) is 58.2 Å². The second-order valence-corrected chi connectivity index (χ2v) is 8.62. The minimum absolute atomic E-state index is 0.136. The first-order valence-corrected chi connectivity index (χ1v) is 11.5. The summed E-state index contributed by atoms with van der Waals surface area (Å²) >= 11 is 5.05. The van der Waals surface area contributed by atoms with Gasteiger partial charge >= 0.3 is 0 Å². The summed E-state index contributed by atoms with van der Waals surface area (Å²) in [5.74, 6) is 0.676. The number of anilines is 1. The Balaban J connectivity index is 1.58. The van der Waals surface area contributed by atoms with Crippen LogP contribution < -0.4 is 10.6 Å². The maximum absolute atomic E-state index is 12.8. The predicted octanol–water partition coefficient (Wildman–Crippen LogP) is 5.81. The maximum atomic E-state index is 12.8. The number of para-hydroxylation sites is 1. The number of rotatable bonds is 8. The zero-order chi connectivity index (χ0) is 21.3. The lowest BCUT2D eigenvalue weighted by Gasteiger charge is -2.16. The molecule has 0 radical (unpaired) electrons. The molecular formula is C24H23BrN2O2S. The molecule has 1 atom stereocenters. The molecule has 0 unspecified atom stereocenters. The summed E-state index contributed by atoms with van der Waals surface area (Å²) in [7, 11) is 0. The molecule has 3 rings (SSSR count). The van der Waals surface area contributed by atoms with E-state index in [-0.39, 0.29) is 17.9 Å². The van der Waals surface area contributed by atoms with Crippen molar-refractivity contribution in [1.29, 1.82) is 0 Å². The van der Waals surface area contributed by atoms with Crippen molar-refractivity contribution in [2.75, 3.05) is 11.1 Å². The first kappa shape index (κ1) is 22.1. The number of carbonyl (C=O) groups excluding carboxylic acids is 2. The zero-order valence-electron chi connectivity index (χ0n) is 16.6. The van der Waals surface area contributed by atoms with Gasteiger partial charge in [0.05, 0.1) is 23.0 Å². The van der Waals surface area contributed by atoms with E-state index in [9.17, 15) is 9.59 Å². The molecule has 0 bridgehead atoms. The molecule has 0 fully saturated rings. The third kappa shape index (κ3) is 6.21. The summed E-state index contributed by atoms with van der Waals surface area (Å²) < 4.78 is 1.03. The van der Waals surface area contributed by atoms with Crippen LogP contribution in [0.2, 0.25) is 0 Å². The van der Waals surface area contributed by atoms with Crippen LogP contribution in [-0.2, 0) is 10.5 Å². The van der Waals surface area contributed by atoms with Gasteiger partial charge in [-0.05, 0) is 36.2 Å². The van der Waals surface area contributed by atoms with Crippen LogP contribution in [0.5, 0.6) is 0 Å². The molecule has 3 aromatic rings. The number of amides is 2. The molecule has 0 aliphatic carbocycles. The third-order valence-corrected chi connectivity index (χ3v) is 6.30. The van der Waals surface area contributed by atoms with Gasteiger partial charge in [0, 0.05) is 10.2 Å². The Morgan fingerprint density at radius 3 is 2.37 bits per heavy atom. The van der Waals surface area contributed by atoms with Crippen molar-refractivity contribution in [2.24, 2.45) is 0 Å². The molecular weight excluding hydrogens is 460 g/mol. The largest absolute Gasteiger partial charge is 0.345 e. The normalized spacial score (nSPS) is 11.5. The minimum Gasteiger partial charge on any atom is -0.345 e. The number of carbonyl (C=O) groups is 2. The van der Waals surface area contributed by atoms with Gasteiger partial charge in [-0.2, -0.15) is 0 Å². The fraction of sp³-hybridized carbons (Fsp3) is 0.167. The molecule has 4 nitrogen and oxygen atoms in total. The second kappa shape index (κ2) is 11.0. The molecule has 154 valence electrons. The van der Waals surface area contributed by atoms with E-state index in [4.69, 9.17) is 0 Å². The Morgan fingerprint density at radius 1 is 0.933 bits per heavy atom. The third-order valence-electron chi connectivity index (χ3n) is 4.54. The van der Waals surface area contributed by atoms with Crippen LogP contribution in [0.15, 0.2) is 83.3 Å². The number of hydrogen-bond acceptors (Lipinski definition) is 3. The monoisotopic (exact) mass is 482 g/mol. The van der Waals surface area contributed by atoms with E-state index in [0.717, 1.165) is 21.4 Å². The van der Waals surface area contributed by atoms with E-state index in [2.05, 4.69) is 26.6 Å². The van der Waals surface area contributed by atoms with Gasteiger partial charge in [-0.3, -0.25) is 9.59 Å². The summed E-state index contributed by atoms with van der Waals surface area (Å²) in [6, 6.07) is 24.7. The summed E-state index contributed by atoms with van der Waals surface area (Å²) in [6.45, 7) is 1.94. The summed E-state index contributed by atoms with van der Waals surface area (Å²) in [4.78, 5) is 25.2. The van der Waals surface area contributed by atoms with Crippen LogP contribution in [0.4, 0.5) is 5.69 Å². The Hall–Kier alpha value is -2.57. The van der Waals surface area contributed by atoms with Gasteiger partial charge in [0.1, 0.15) is 0 Å². The van der Waals surface area contributed by atoms with Crippen molar-refractivity contribution < 1.29 is 9.59 Å². The van der Waals surface area contributed by atoms with E-state index in [0.29, 0.717) is 17.0 Å². The van der Waals surface area contributed by atoms with Crippen LogP contribution in [0.25, 0.3) is 0 Å². The van der Waals surface area contributed by atoms with E-state index >= 15 is 0 Å². The molecule has 30 heavy (non-hydrogen) atoms. The second-order valence-electron chi connectivity index (χ2n) is 6.78. The molecule has 0 spiro atoms. The highest BCUT2D eigenvalue weighted by atomic mass is 79.9. The number of halogens is 1. The number of benzene rings is 3. The summed E-state index contributed by atoms with van der Waals surface area (Å²) in [6.07, 6.45) is 0. The summed E-state index contributed by atoms with van der Waals surface area (Å²) in [5, 5.41) is 5.87. The average Bonchev–Trinajstić information content (AvgIpc) is 2.76. The number of nitrogens with one attached hydrogen (secondary N) is 2. The fourth-order valence-corrected chi connectivity index (χ4v) is 4.39. The van der Waals surface area contributed by atoms with E-state index in [1.807, 2.05) is 61.5 Å². The SMILES string of the molecule is C[C@H](NC(=O)c1ccccc1NC(=O)CSCc1ccccc1Br)c1ccccc1. The van der Waals surface area contributed by atoms with Crippen molar-refractivity contribution in [3.8, 4) is 0 Å². The standard InChI is InChI=1S/C24H23BrN2O2S/c1-17(18-9-3-2-4-10-18)26-24(29)20-12-6-8-14-22(20)27-23(28)16-30-15-19-11-5-7-13-21(19)25/h2-14,17H,15-16H2,1H3,(H,26,29)(H,27,28)/t17-/m0/s1. The first-order valence-electron chi connectivity index (χ1n) is 9.60. The smallest absolute Gasteiger partial charge is 0.253 e. The molecule has 0 aliphatic heterocycles. The average molecular weight is 483 g/mol. The van der Waals surface area contributed by atoms with Crippen molar-refractivity contribution in [1.82, 2.24) is 5.32 Å². The predicted molar refractivity (Wildman–Crippen MR) is 128 cm³/mol.